The van der Waals surface area contributed by atoms with Crippen molar-refractivity contribution in [2.75, 3.05) is 26.9 Å². The van der Waals surface area contributed by atoms with Gasteiger partial charge in [0.1, 0.15) is 0 Å². The fraction of sp³-hybridized carbons (Fsp3) is 0.900. The van der Waals surface area contributed by atoms with Crippen LogP contribution in [0.3, 0.4) is 0 Å². The Morgan fingerprint density at radius 3 is 3.07 bits per heavy atom. The molecule has 1 heterocycles. The lowest BCUT2D eigenvalue weighted by atomic mass is 10.2. The summed E-state index contributed by atoms with van der Waals surface area (Å²) < 4.78 is 10.5. The smallest absolute Gasteiger partial charge is 0.166 e. The predicted molar refractivity (Wildman–Crippen MR) is 64.0 cm³/mol. The fourth-order valence-corrected chi connectivity index (χ4v) is 1.86. The van der Waals surface area contributed by atoms with Crippen molar-refractivity contribution in [2.24, 2.45) is 0 Å². The molecule has 0 saturated carbocycles. The van der Waals surface area contributed by atoms with Crippen LogP contribution >= 0.6 is 12.2 Å². The van der Waals surface area contributed by atoms with Crippen LogP contribution in [-0.4, -0.2) is 44.1 Å². The molecule has 0 amide bonds. The lowest BCUT2D eigenvalue weighted by Gasteiger charge is -2.17. The first kappa shape index (κ1) is 12.7. The molecule has 0 aromatic carbocycles. The van der Waals surface area contributed by atoms with E-state index in [1.807, 2.05) is 6.92 Å². The Morgan fingerprint density at radius 1 is 1.67 bits per heavy atom. The highest BCUT2D eigenvalue weighted by atomic mass is 32.1. The van der Waals surface area contributed by atoms with Crippen molar-refractivity contribution in [3.8, 4) is 0 Å². The first-order valence-corrected chi connectivity index (χ1v) is 5.78. The van der Waals surface area contributed by atoms with E-state index in [-0.39, 0.29) is 6.04 Å². The van der Waals surface area contributed by atoms with Crippen LogP contribution in [0.2, 0.25) is 0 Å². The minimum absolute atomic E-state index is 0.236. The van der Waals surface area contributed by atoms with Gasteiger partial charge in [-0.1, -0.05) is 0 Å². The Morgan fingerprint density at radius 2 is 2.47 bits per heavy atom. The van der Waals surface area contributed by atoms with E-state index in [1.54, 1.807) is 7.11 Å². The Labute approximate surface area is 96.7 Å². The van der Waals surface area contributed by atoms with E-state index < -0.39 is 0 Å². The van der Waals surface area contributed by atoms with Gasteiger partial charge in [0, 0.05) is 26.3 Å². The van der Waals surface area contributed by atoms with Crippen molar-refractivity contribution in [3.63, 3.8) is 0 Å². The van der Waals surface area contributed by atoms with Crippen molar-refractivity contribution >= 4 is 17.3 Å². The molecule has 0 radical (unpaired) electrons. The molecule has 0 bridgehead atoms. The average molecular weight is 232 g/mol. The summed E-state index contributed by atoms with van der Waals surface area (Å²) in [6.45, 7) is 4.36. The zero-order valence-corrected chi connectivity index (χ0v) is 10.2. The summed E-state index contributed by atoms with van der Waals surface area (Å²) in [6, 6.07) is 0.236. The molecule has 1 fully saturated rings. The molecule has 2 N–H and O–H groups in total. The predicted octanol–water partition coefficient (Wildman–Crippen LogP) is 0.664. The molecular formula is C10H20N2O2S. The minimum Gasteiger partial charge on any atom is -0.383 e. The van der Waals surface area contributed by atoms with E-state index in [0.29, 0.717) is 17.8 Å². The first-order chi connectivity index (χ1) is 7.22. The van der Waals surface area contributed by atoms with E-state index >= 15 is 0 Å². The van der Waals surface area contributed by atoms with Gasteiger partial charge in [0.15, 0.2) is 5.11 Å². The number of hydrogen-bond donors (Lipinski definition) is 2. The number of thiocarbonyl (C=S) groups is 1. The lowest BCUT2D eigenvalue weighted by Crippen LogP contribution is -2.44. The third-order valence-corrected chi connectivity index (χ3v) is 2.57. The van der Waals surface area contributed by atoms with Crippen LogP contribution in [0.4, 0.5) is 0 Å². The van der Waals surface area contributed by atoms with E-state index in [4.69, 9.17) is 21.7 Å². The summed E-state index contributed by atoms with van der Waals surface area (Å²) in [5, 5.41) is 6.97. The summed E-state index contributed by atoms with van der Waals surface area (Å²) >= 11 is 5.15. The lowest BCUT2D eigenvalue weighted by molar-refractivity contribution is 0.114. The van der Waals surface area contributed by atoms with Gasteiger partial charge in [0.2, 0.25) is 0 Å². The number of hydrogen-bond acceptors (Lipinski definition) is 3. The number of rotatable bonds is 5. The van der Waals surface area contributed by atoms with Crippen LogP contribution in [0.15, 0.2) is 0 Å². The van der Waals surface area contributed by atoms with Crippen molar-refractivity contribution in [1.82, 2.24) is 10.6 Å². The highest BCUT2D eigenvalue weighted by Gasteiger charge is 2.15. The summed E-state index contributed by atoms with van der Waals surface area (Å²) in [5.41, 5.74) is 0. The van der Waals surface area contributed by atoms with Gasteiger partial charge < -0.3 is 20.1 Å². The van der Waals surface area contributed by atoms with Crippen molar-refractivity contribution < 1.29 is 9.47 Å². The molecule has 1 rings (SSSR count). The Bertz CT molecular complexity index is 196. The maximum Gasteiger partial charge on any atom is 0.166 e. The molecule has 15 heavy (non-hydrogen) atoms. The molecule has 4 nitrogen and oxygen atoms in total. The molecule has 0 aliphatic carbocycles. The number of methoxy groups -OCH3 is 1. The summed E-state index contributed by atoms with van der Waals surface area (Å²) in [5.74, 6) is 0. The summed E-state index contributed by atoms with van der Waals surface area (Å²) in [7, 11) is 1.68. The monoisotopic (exact) mass is 232 g/mol. The molecule has 0 aromatic rings. The molecule has 0 unspecified atom stereocenters. The zero-order chi connectivity index (χ0) is 11.1. The Kier molecular flexibility index (Phi) is 5.90. The Balaban J connectivity index is 2.07. The molecule has 0 aromatic heterocycles. The van der Waals surface area contributed by atoms with Crippen molar-refractivity contribution in [1.29, 1.82) is 0 Å². The standard InChI is InChI=1S/C10H20N2O2S/c1-8(7-13-2)12-10(15)11-6-9-4-3-5-14-9/h8-9H,3-7H2,1-2H3,(H2,11,12,15)/t8-,9+/m0/s1. The fourth-order valence-electron chi connectivity index (χ4n) is 1.58. The van der Waals surface area contributed by atoms with E-state index in [0.717, 1.165) is 26.0 Å². The third-order valence-electron chi connectivity index (χ3n) is 2.31. The average Bonchev–Trinajstić information content (AvgIpc) is 2.67. The van der Waals surface area contributed by atoms with Gasteiger partial charge in [0.25, 0.3) is 0 Å². The normalized spacial score (nSPS) is 22.4. The second-order valence-electron chi connectivity index (χ2n) is 3.85. The maximum atomic E-state index is 5.48. The van der Waals surface area contributed by atoms with Crippen LogP contribution in [0, 0.1) is 0 Å². The third kappa shape index (κ3) is 5.30. The molecule has 5 heteroatoms. The quantitative estimate of drug-likeness (QED) is 0.682. The second-order valence-corrected chi connectivity index (χ2v) is 4.25. The van der Waals surface area contributed by atoms with Gasteiger partial charge in [-0.3, -0.25) is 0 Å². The molecule has 1 aliphatic rings. The van der Waals surface area contributed by atoms with Crippen LogP contribution in [-0.2, 0) is 9.47 Å². The SMILES string of the molecule is COC[C@H](C)NC(=S)NC[C@H]1CCCO1. The van der Waals surface area contributed by atoms with Gasteiger partial charge in [-0.2, -0.15) is 0 Å². The van der Waals surface area contributed by atoms with Crippen LogP contribution in [0.25, 0.3) is 0 Å². The number of nitrogens with one attached hydrogen (secondary N) is 2. The zero-order valence-electron chi connectivity index (χ0n) is 9.41. The summed E-state index contributed by atoms with van der Waals surface area (Å²) in [6.07, 6.45) is 2.61. The van der Waals surface area contributed by atoms with Gasteiger partial charge in [-0.05, 0) is 32.0 Å². The highest BCUT2D eigenvalue weighted by molar-refractivity contribution is 7.80. The van der Waals surface area contributed by atoms with Crippen LogP contribution in [0.1, 0.15) is 19.8 Å². The van der Waals surface area contributed by atoms with Gasteiger partial charge in [-0.15, -0.1) is 0 Å². The minimum atomic E-state index is 0.236. The maximum absolute atomic E-state index is 5.48. The first-order valence-electron chi connectivity index (χ1n) is 5.37. The second kappa shape index (κ2) is 6.98. The highest BCUT2D eigenvalue weighted by Crippen LogP contribution is 2.10. The van der Waals surface area contributed by atoms with Gasteiger partial charge in [-0.25, -0.2) is 0 Å². The van der Waals surface area contributed by atoms with Gasteiger partial charge >= 0.3 is 0 Å². The molecular weight excluding hydrogens is 212 g/mol. The summed E-state index contributed by atoms with van der Waals surface area (Å²) in [4.78, 5) is 0. The van der Waals surface area contributed by atoms with Crippen molar-refractivity contribution in [2.45, 2.75) is 31.9 Å². The topological polar surface area (TPSA) is 42.5 Å². The van der Waals surface area contributed by atoms with Gasteiger partial charge in [0.05, 0.1) is 12.7 Å². The van der Waals surface area contributed by atoms with E-state index in [9.17, 15) is 0 Å². The molecule has 88 valence electrons. The molecule has 1 aliphatic heterocycles. The van der Waals surface area contributed by atoms with Crippen LogP contribution in [0.5, 0.6) is 0 Å². The van der Waals surface area contributed by atoms with E-state index in [1.165, 1.54) is 0 Å². The largest absolute Gasteiger partial charge is 0.383 e. The molecule has 0 spiro atoms. The molecule has 2 atom stereocenters. The van der Waals surface area contributed by atoms with E-state index in [2.05, 4.69) is 10.6 Å². The van der Waals surface area contributed by atoms with Crippen molar-refractivity contribution in [3.05, 3.63) is 0 Å². The Hall–Kier alpha value is -0.390. The van der Waals surface area contributed by atoms with Crippen LogP contribution < -0.4 is 10.6 Å². The molecule has 1 saturated heterocycles. The number of ether oxygens (including phenoxy) is 2.